The molecule has 4 heteroatoms. The Balaban J connectivity index is 1.77. The Morgan fingerprint density at radius 2 is 1.71 bits per heavy atom. The minimum atomic E-state index is -4.38. The summed E-state index contributed by atoms with van der Waals surface area (Å²) in [7, 11) is 0. The number of hydrogen-bond donors (Lipinski definition) is 1. The zero-order valence-electron chi connectivity index (χ0n) is 11.2. The maximum atomic E-state index is 12.7. The molecule has 3 atom stereocenters. The van der Waals surface area contributed by atoms with Crippen LogP contribution in [0.4, 0.5) is 13.2 Å². The summed E-state index contributed by atoms with van der Waals surface area (Å²) in [6.07, 6.45) is -4.42. The van der Waals surface area contributed by atoms with Gasteiger partial charge in [0.1, 0.15) is 0 Å². The van der Waals surface area contributed by atoms with Gasteiger partial charge in [-0.2, -0.15) is 13.2 Å². The lowest BCUT2D eigenvalue weighted by molar-refractivity contribution is -0.137. The molecule has 1 N–H and O–H groups in total. The fraction of sp³-hybridized carbons (Fsp3) is 0.294. The SMILES string of the molecule is OC(c1cccc(C(F)(F)F)c1)C1CC1c1ccccc1. The van der Waals surface area contributed by atoms with Crippen molar-refractivity contribution in [3.63, 3.8) is 0 Å². The number of alkyl halides is 3. The zero-order chi connectivity index (χ0) is 15.0. The molecule has 1 nitrogen and oxygen atoms in total. The monoisotopic (exact) mass is 292 g/mol. The number of aliphatic hydroxyl groups excluding tert-OH is 1. The van der Waals surface area contributed by atoms with Crippen LogP contribution in [0.3, 0.4) is 0 Å². The van der Waals surface area contributed by atoms with Crippen molar-refractivity contribution in [2.75, 3.05) is 0 Å². The fourth-order valence-corrected chi connectivity index (χ4v) is 2.79. The summed E-state index contributed by atoms with van der Waals surface area (Å²) in [5.41, 5.74) is 0.762. The van der Waals surface area contributed by atoms with Crippen LogP contribution in [0.2, 0.25) is 0 Å². The van der Waals surface area contributed by atoms with Gasteiger partial charge in [0.05, 0.1) is 11.7 Å². The first-order chi connectivity index (χ1) is 9.97. The highest BCUT2D eigenvalue weighted by Gasteiger charge is 2.44. The summed E-state index contributed by atoms with van der Waals surface area (Å²) >= 11 is 0. The Kier molecular flexibility index (Phi) is 3.49. The first kappa shape index (κ1) is 14.1. The van der Waals surface area contributed by atoms with Crippen LogP contribution in [0.1, 0.15) is 35.1 Å². The molecule has 110 valence electrons. The normalized spacial score (nSPS) is 22.9. The number of benzene rings is 2. The van der Waals surface area contributed by atoms with Crippen molar-refractivity contribution >= 4 is 0 Å². The maximum Gasteiger partial charge on any atom is 0.416 e. The van der Waals surface area contributed by atoms with Crippen LogP contribution in [0.15, 0.2) is 54.6 Å². The van der Waals surface area contributed by atoms with E-state index in [4.69, 9.17) is 0 Å². The van der Waals surface area contributed by atoms with Gasteiger partial charge in [-0.05, 0) is 41.5 Å². The van der Waals surface area contributed by atoms with E-state index in [0.29, 0.717) is 5.56 Å². The van der Waals surface area contributed by atoms with E-state index in [1.807, 2.05) is 30.3 Å². The Morgan fingerprint density at radius 1 is 1.00 bits per heavy atom. The highest BCUT2D eigenvalue weighted by atomic mass is 19.4. The number of hydrogen-bond acceptors (Lipinski definition) is 1. The van der Waals surface area contributed by atoms with E-state index in [-0.39, 0.29) is 11.8 Å². The molecular formula is C17H15F3O. The van der Waals surface area contributed by atoms with Crippen LogP contribution in [-0.2, 0) is 6.18 Å². The lowest BCUT2D eigenvalue weighted by atomic mass is 9.99. The third kappa shape index (κ3) is 2.95. The fourth-order valence-electron chi connectivity index (χ4n) is 2.79. The predicted molar refractivity (Wildman–Crippen MR) is 73.7 cm³/mol. The van der Waals surface area contributed by atoms with Gasteiger partial charge < -0.3 is 5.11 Å². The Bertz CT molecular complexity index is 621. The number of rotatable bonds is 3. The van der Waals surface area contributed by atoms with E-state index >= 15 is 0 Å². The van der Waals surface area contributed by atoms with Crippen molar-refractivity contribution in [1.29, 1.82) is 0 Å². The van der Waals surface area contributed by atoms with E-state index in [1.54, 1.807) is 6.07 Å². The van der Waals surface area contributed by atoms with Crippen molar-refractivity contribution < 1.29 is 18.3 Å². The van der Waals surface area contributed by atoms with Crippen molar-refractivity contribution in [3.8, 4) is 0 Å². The minimum Gasteiger partial charge on any atom is -0.388 e. The van der Waals surface area contributed by atoms with Gasteiger partial charge in [0.25, 0.3) is 0 Å². The lowest BCUT2D eigenvalue weighted by Gasteiger charge is -2.14. The molecule has 2 aromatic carbocycles. The lowest BCUT2D eigenvalue weighted by Crippen LogP contribution is -2.08. The van der Waals surface area contributed by atoms with Gasteiger partial charge in [-0.3, -0.25) is 0 Å². The molecule has 2 aromatic rings. The Labute approximate surface area is 121 Å². The molecule has 0 amide bonds. The number of aliphatic hydroxyl groups is 1. The van der Waals surface area contributed by atoms with Crippen LogP contribution >= 0.6 is 0 Å². The Morgan fingerprint density at radius 3 is 2.38 bits per heavy atom. The molecule has 0 heterocycles. The van der Waals surface area contributed by atoms with Gasteiger partial charge in [0.2, 0.25) is 0 Å². The van der Waals surface area contributed by atoms with Crippen LogP contribution in [-0.4, -0.2) is 5.11 Å². The average Bonchev–Trinajstić information content (AvgIpc) is 3.27. The third-order valence-electron chi connectivity index (χ3n) is 4.03. The summed E-state index contributed by atoms with van der Waals surface area (Å²) < 4.78 is 38.1. The van der Waals surface area contributed by atoms with Crippen molar-refractivity contribution in [2.45, 2.75) is 24.6 Å². The predicted octanol–water partition coefficient (Wildman–Crippen LogP) is 4.54. The maximum absolute atomic E-state index is 12.7. The van der Waals surface area contributed by atoms with Crippen molar-refractivity contribution in [1.82, 2.24) is 0 Å². The molecule has 1 aliphatic rings. The molecule has 0 bridgehead atoms. The van der Waals surface area contributed by atoms with Crippen molar-refractivity contribution in [2.24, 2.45) is 5.92 Å². The first-order valence-electron chi connectivity index (χ1n) is 6.87. The van der Waals surface area contributed by atoms with E-state index < -0.39 is 17.8 Å². The average molecular weight is 292 g/mol. The zero-order valence-corrected chi connectivity index (χ0v) is 11.2. The highest BCUT2D eigenvalue weighted by Crippen LogP contribution is 2.54. The molecule has 0 radical (unpaired) electrons. The minimum absolute atomic E-state index is 0.00381. The molecule has 3 rings (SSSR count). The molecule has 0 aliphatic heterocycles. The topological polar surface area (TPSA) is 20.2 Å². The largest absolute Gasteiger partial charge is 0.416 e. The van der Waals surface area contributed by atoms with Crippen molar-refractivity contribution in [3.05, 3.63) is 71.3 Å². The molecule has 0 aromatic heterocycles. The van der Waals surface area contributed by atoms with Gasteiger partial charge in [-0.25, -0.2) is 0 Å². The summed E-state index contributed by atoms with van der Waals surface area (Å²) in [4.78, 5) is 0. The van der Waals surface area contributed by atoms with E-state index in [0.717, 1.165) is 24.1 Å². The van der Waals surface area contributed by atoms with Gasteiger partial charge >= 0.3 is 6.18 Å². The van der Waals surface area contributed by atoms with Crippen LogP contribution in [0, 0.1) is 5.92 Å². The van der Waals surface area contributed by atoms with Gasteiger partial charge in [-0.1, -0.05) is 42.5 Å². The summed E-state index contributed by atoms with van der Waals surface area (Å²) in [5.74, 6) is 0.228. The van der Waals surface area contributed by atoms with E-state index in [9.17, 15) is 18.3 Å². The molecule has 1 fully saturated rings. The molecule has 1 saturated carbocycles. The number of halogens is 3. The van der Waals surface area contributed by atoms with Gasteiger partial charge in [0, 0.05) is 0 Å². The van der Waals surface area contributed by atoms with Crippen LogP contribution < -0.4 is 0 Å². The summed E-state index contributed by atoms with van der Waals surface area (Å²) in [5, 5.41) is 10.3. The van der Waals surface area contributed by atoms with Gasteiger partial charge in [0.15, 0.2) is 0 Å². The first-order valence-corrected chi connectivity index (χ1v) is 6.87. The summed E-state index contributed by atoms with van der Waals surface area (Å²) in [6.45, 7) is 0. The molecule has 0 saturated heterocycles. The molecule has 3 unspecified atom stereocenters. The van der Waals surface area contributed by atoms with E-state index in [2.05, 4.69) is 0 Å². The molecule has 0 spiro atoms. The van der Waals surface area contributed by atoms with E-state index in [1.165, 1.54) is 6.07 Å². The quantitative estimate of drug-likeness (QED) is 0.880. The Hall–Kier alpha value is -1.81. The molecular weight excluding hydrogens is 277 g/mol. The standard InChI is InChI=1S/C17H15F3O/c18-17(19,20)13-8-4-7-12(9-13)16(21)15-10-14(15)11-5-2-1-3-6-11/h1-9,14-16,21H,10H2. The molecule has 21 heavy (non-hydrogen) atoms. The van der Waals surface area contributed by atoms with Gasteiger partial charge in [-0.15, -0.1) is 0 Å². The third-order valence-corrected chi connectivity index (χ3v) is 4.03. The second-order valence-electron chi connectivity index (χ2n) is 5.48. The smallest absolute Gasteiger partial charge is 0.388 e. The highest BCUT2D eigenvalue weighted by molar-refractivity contribution is 5.32. The summed E-state index contributed by atoms with van der Waals surface area (Å²) in [6, 6.07) is 14.7. The second-order valence-corrected chi connectivity index (χ2v) is 5.48. The second kappa shape index (κ2) is 5.19. The molecule has 1 aliphatic carbocycles. The van der Waals surface area contributed by atoms with Crippen LogP contribution in [0.25, 0.3) is 0 Å². The van der Waals surface area contributed by atoms with Crippen LogP contribution in [0.5, 0.6) is 0 Å².